The first kappa shape index (κ1) is 16.2. The van der Waals surface area contributed by atoms with Gasteiger partial charge >= 0.3 is 0 Å². The molecule has 23 heavy (non-hydrogen) atoms. The molecule has 0 aromatic carbocycles. The minimum absolute atomic E-state index is 0.0813. The monoisotopic (exact) mass is 332 g/mol. The smallest absolute Gasteiger partial charge is 0.269 e. The maximum absolute atomic E-state index is 12.2. The van der Waals surface area contributed by atoms with Gasteiger partial charge in [0.05, 0.1) is 5.69 Å². The van der Waals surface area contributed by atoms with Crippen LogP contribution in [0, 0.1) is 0 Å². The Morgan fingerprint density at radius 3 is 3.00 bits per heavy atom. The maximum Gasteiger partial charge on any atom is 0.269 e. The van der Waals surface area contributed by atoms with Gasteiger partial charge in [-0.15, -0.1) is 0 Å². The van der Waals surface area contributed by atoms with Crippen molar-refractivity contribution < 1.29 is 4.79 Å². The quantitative estimate of drug-likeness (QED) is 0.799. The number of nitrogens with one attached hydrogen (secondary N) is 2. The lowest BCUT2D eigenvalue weighted by Gasteiger charge is -2.20. The summed E-state index contributed by atoms with van der Waals surface area (Å²) in [5.74, 6) is 0.900. The van der Waals surface area contributed by atoms with Crippen LogP contribution in [0.5, 0.6) is 0 Å². The Labute approximate surface area is 141 Å². The number of rotatable bonds is 6. The highest BCUT2D eigenvalue weighted by atomic mass is 32.2. The third-order valence-electron chi connectivity index (χ3n) is 4.32. The maximum atomic E-state index is 12.2. The zero-order valence-electron chi connectivity index (χ0n) is 13.5. The van der Waals surface area contributed by atoms with Crippen molar-refractivity contribution in [2.24, 2.45) is 7.05 Å². The van der Waals surface area contributed by atoms with Gasteiger partial charge < -0.3 is 9.88 Å². The molecule has 0 unspecified atom stereocenters. The summed E-state index contributed by atoms with van der Waals surface area (Å²) in [7, 11) is 1.96. The Morgan fingerprint density at radius 2 is 2.26 bits per heavy atom. The molecule has 1 saturated carbocycles. The average Bonchev–Trinajstić information content (AvgIpc) is 3.21. The van der Waals surface area contributed by atoms with Gasteiger partial charge in [-0.05, 0) is 31.0 Å². The van der Waals surface area contributed by atoms with Crippen molar-refractivity contribution in [3.63, 3.8) is 0 Å². The second-order valence-electron chi connectivity index (χ2n) is 6.06. The van der Waals surface area contributed by atoms with E-state index in [1.807, 2.05) is 41.7 Å². The molecule has 0 bridgehead atoms. The van der Waals surface area contributed by atoms with Crippen LogP contribution >= 0.6 is 11.8 Å². The van der Waals surface area contributed by atoms with Crippen molar-refractivity contribution in [2.45, 2.75) is 37.4 Å². The zero-order chi connectivity index (χ0) is 16.1. The Balaban J connectivity index is 1.45. The summed E-state index contributed by atoms with van der Waals surface area (Å²) in [6.45, 7) is 0.707. The lowest BCUT2D eigenvalue weighted by molar-refractivity contribution is 0.0951. The Kier molecular flexibility index (Phi) is 5.43. The molecule has 2 aromatic rings. The molecular formula is C17H24N4OS. The van der Waals surface area contributed by atoms with E-state index in [0.717, 1.165) is 22.4 Å². The lowest BCUT2D eigenvalue weighted by Crippen LogP contribution is -2.26. The molecule has 124 valence electrons. The highest BCUT2D eigenvalue weighted by Crippen LogP contribution is 2.27. The molecule has 1 aliphatic carbocycles. The van der Waals surface area contributed by atoms with E-state index in [0.29, 0.717) is 12.2 Å². The molecule has 0 atom stereocenters. The van der Waals surface area contributed by atoms with Crippen LogP contribution in [0.15, 0.2) is 24.4 Å². The Hall–Kier alpha value is -1.69. The van der Waals surface area contributed by atoms with Crippen molar-refractivity contribution >= 4 is 17.7 Å². The molecule has 2 heterocycles. The number of hydrogen-bond acceptors (Lipinski definition) is 3. The van der Waals surface area contributed by atoms with E-state index in [9.17, 15) is 4.79 Å². The van der Waals surface area contributed by atoms with Gasteiger partial charge in [0.1, 0.15) is 11.4 Å². The second kappa shape index (κ2) is 7.73. The number of amides is 1. The Bertz CT molecular complexity index is 643. The molecule has 0 spiro atoms. The molecule has 1 aliphatic rings. The highest BCUT2D eigenvalue weighted by molar-refractivity contribution is 7.99. The van der Waals surface area contributed by atoms with Crippen LogP contribution in [0.25, 0.3) is 11.4 Å². The Morgan fingerprint density at radius 1 is 1.43 bits per heavy atom. The van der Waals surface area contributed by atoms with Crippen LogP contribution in [-0.4, -0.2) is 38.2 Å². The number of nitrogens with zero attached hydrogens (tertiary/aromatic N) is 2. The fourth-order valence-corrected chi connectivity index (χ4v) is 4.23. The zero-order valence-corrected chi connectivity index (χ0v) is 14.4. The van der Waals surface area contributed by atoms with Crippen LogP contribution in [0.3, 0.4) is 0 Å². The third-order valence-corrected chi connectivity index (χ3v) is 5.70. The van der Waals surface area contributed by atoms with Crippen molar-refractivity contribution in [1.82, 2.24) is 20.1 Å². The fourth-order valence-electron chi connectivity index (χ4n) is 3.01. The van der Waals surface area contributed by atoms with Gasteiger partial charge in [0.25, 0.3) is 5.91 Å². The summed E-state index contributed by atoms with van der Waals surface area (Å²) < 4.78 is 1.98. The molecule has 1 fully saturated rings. The molecule has 0 aliphatic heterocycles. The van der Waals surface area contributed by atoms with Gasteiger partial charge in [-0.3, -0.25) is 9.89 Å². The van der Waals surface area contributed by atoms with Crippen molar-refractivity contribution in [3.8, 4) is 11.4 Å². The fraction of sp³-hybridized carbons (Fsp3) is 0.529. The summed E-state index contributed by atoms with van der Waals surface area (Å²) >= 11 is 2.00. The average molecular weight is 332 g/mol. The molecule has 6 heteroatoms. The first-order chi connectivity index (χ1) is 11.2. The highest BCUT2D eigenvalue weighted by Gasteiger charge is 2.14. The standard InChI is InChI=1S/C17H24N4OS/c1-21-10-5-8-16(21)14-12-15(20-19-14)17(22)18-9-11-23-13-6-3-2-4-7-13/h5,8,10,12-13H,2-4,6-7,9,11H2,1H3,(H,18,22)(H,19,20). The third kappa shape index (κ3) is 4.19. The van der Waals surface area contributed by atoms with Crippen molar-refractivity contribution in [1.29, 1.82) is 0 Å². The number of thioether (sulfide) groups is 1. The molecule has 0 radical (unpaired) electrons. The van der Waals surface area contributed by atoms with Crippen molar-refractivity contribution in [3.05, 3.63) is 30.1 Å². The summed E-state index contributed by atoms with van der Waals surface area (Å²) in [6, 6.07) is 5.75. The van der Waals surface area contributed by atoms with Crippen LogP contribution < -0.4 is 5.32 Å². The summed E-state index contributed by atoms with van der Waals surface area (Å²) in [4.78, 5) is 12.2. The number of H-pyrrole nitrogens is 1. The van der Waals surface area contributed by atoms with Gasteiger partial charge in [-0.2, -0.15) is 16.9 Å². The van der Waals surface area contributed by atoms with Crippen molar-refractivity contribution in [2.75, 3.05) is 12.3 Å². The molecular weight excluding hydrogens is 308 g/mol. The summed E-state index contributed by atoms with van der Waals surface area (Å²) in [6.07, 6.45) is 8.74. The van der Waals surface area contributed by atoms with Crippen LogP contribution in [0.2, 0.25) is 0 Å². The predicted molar refractivity (Wildman–Crippen MR) is 94.7 cm³/mol. The van der Waals surface area contributed by atoms with E-state index in [4.69, 9.17) is 0 Å². The lowest BCUT2D eigenvalue weighted by atomic mass is 10.0. The number of carbonyl (C=O) groups is 1. The van der Waals surface area contributed by atoms with Gasteiger partial charge in [0.2, 0.25) is 0 Å². The van der Waals surface area contributed by atoms with Gasteiger partial charge in [0, 0.05) is 30.8 Å². The SMILES string of the molecule is Cn1cccc1-c1cc(C(=O)NCCSC2CCCCC2)[nH]n1. The summed E-state index contributed by atoms with van der Waals surface area (Å²) in [5.41, 5.74) is 2.30. The van der Waals surface area contributed by atoms with E-state index in [1.54, 1.807) is 6.07 Å². The van der Waals surface area contributed by atoms with E-state index in [1.165, 1.54) is 32.1 Å². The number of aryl methyl sites for hydroxylation is 1. The minimum Gasteiger partial charge on any atom is -0.350 e. The van der Waals surface area contributed by atoms with Gasteiger partial charge in [-0.1, -0.05) is 19.3 Å². The van der Waals surface area contributed by atoms with Crippen LogP contribution in [0.4, 0.5) is 0 Å². The number of aromatic nitrogens is 3. The minimum atomic E-state index is -0.0813. The largest absolute Gasteiger partial charge is 0.350 e. The molecule has 2 aromatic heterocycles. The van der Waals surface area contributed by atoms with E-state index in [2.05, 4.69) is 15.5 Å². The van der Waals surface area contributed by atoms with Crippen LogP contribution in [-0.2, 0) is 7.05 Å². The normalized spacial score (nSPS) is 15.7. The number of aromatic amines is 1. The van der Waals surface area contributed by atoms with E-state index < -0.39 is 0 Å². The molecule has 5 nitrogen and oxygen atoms in total. The van der Waals surface area contributed by atoms with Crippen LogP contribution in [0.1, 0.15) is 42.6 Å². The topological polar surface area (TPSA) is 62.7 Å². The van der Waals surface area contributed by atoms with Gasteiger partial charge in [0.15, 0.2) is 0 Å². The molecule has 3 rings (SSSR count). The van der Waals surface area contributed by atoms with Gasteiger partial charge in [-0.25, -0.2) is 0 Å². The number of carbonyl (C=O) groups excluding carboxylic acids is 1. The molecule has 2 N–H and O–H groups in total. The first-order valence-electron chi connectivity index (χ1n) is 8.31. The van der Waals surface area contributed by atoms with E-state index in [-0.39, 0.29) is 5.91 Å². The molecule has 1 amide bonds. The number of hydrogen-bond donors (Lipinski definition) is 2. The summed E-state index contributed by atoms with van der Waals surface area (Å²) in [5, 5.41) is 10.8. The predicted octanol–water partition coefficient (Wildman–Crippen LogP) is 3.21. The first-order valence-corrected chi connectivity index (χ1v) is 9.36. The van der Waals surface area contributed by atoms with E-state index >= 15 is 0 Å². The molecule has 0 saturated heterocycles. The second-order valence-corrected chi connectivity index (χ2v) is 7.47.